The van der Waals surface area contributed by atoms with Crippen LogP contribution in [0.25, 0.3) is 0 Å². The SMILES string of the molecule is O=S(=O)(NCCCC(F)(F)F)c1cccc(Br)c1. The van der Waals surface area contributed by atoms with Gasteiger partial charge < -0.3 is 0 Å². The zero-order chi connectivity index (χ0) is 13.8. The Hall–Kier alpha value is -0.600. The first-order valence-electron chi connectivity index (χ1n) is 5.03. The quantitative estimate of drug-likeness (QED) is 0.833. The topological polar surface area (TPSA) is 46.2 Å². The number of rotatable bonds is 5. The number of halogens is 4. The van der Waals surface area contributed by atoms with E-state index >= 15 is 0 Å². The monoisotopic (exact) mass is 345 g/mol. The number of alkyl halides is 3. The maximum absolute atomic E-state index is 11.9. The predicted octanol–water partition coefficient (Wildman–Crippen LogP) is 3.07. The fraction of sp³-hybridized carbons (Fsp3) is 0.400. The lowest BCUT2D eigenvalue weighted by atomic mass is 10.3. The van der Waals surface area contributed by atoms with Crippen molar-refractivity contribution in [3.63, 3.8) is 0 Å². The third kappa shape index (κ3) is 5.36. The highest BCUT2D eigenvalue weighted by atomic mass is 79.9. The zero-order valence-electron chi connectivity index (χ0n) is 9.17. The van der Waals surface area contributed by atoms with Gasteiger partial charge >= 0.3 is 6.18 Å². The minimum Gasteiger partial charge on any atom is -0.211 e. The highest BCUT2D eigenvalue weighted by Gasteiger charge is 2.26. The summed E-state index contributed by atoms with van der Waals surface area (Å²) in [4.78, 5) is 0.0175. The summed E-state index contributed by atoms with van der Waals surface area (Å²) in [5.74, 6) is 0. The van der Waals surface area contributed by atoms with Crippen LogP contribution < -0.4 is 4.72 Å². The fourth-order valence-corrected chi connectivity index (χ4v) is 2.88. The first kappa shape index (κ1) is 15.5. The van der Waals surface area contributed by atoms with Gasteiger partial charge in [0.2, 0.25) is 10.0 Å². The van der Waals surface area contributed by atoms with Gasteiger partial charge in [0.05, 0.1) is 4.90 Å². The Balaban J connectivity index is 2.56. The number of hydrogen-bond acceptors (Lipinski definition) is 2. The van der Waals surface area contributed by atoms with E-state index in [2.05, 4.69) is 20.7 Å². The molecule has 0 saturated carbocycles. The molecule has 0 bridgehead atoms. The van der Waals surface area contributed by atoms with Crippen molar-refractivity contribution < 1.29 is 21.6 Å². The van der Waals surface area contributed by atoms with Crippen LogP contribution >= 0.6 is 15.9 Å². The van der Waals surface area contributed by atoms with Crippen LogP contribution in [0.3, 0.4) is 0 Å². The molecular weight excluding hydrogens is 335 g/mol. The van der Waals surface area contributed by atoms with Gasteiger partial charge in [-0.25, -0.2) is 13.1 Å². The molecule has 8 heteroatoms. The van der Waals surface area contributed by atoms with Gasteiger partial charge in [0.15, 0.2) is 0 Å². The maximum Gasteiger partial charge on any atom is 0.389 e. The largest absolute Gasteiger partial charge is 0.389 e. The third-order valence-electron chi connectivity index (χ3n) is 2.04. The molecule has 0 fully saturated rings. The van der Waals surface area contributed by atoms with E-state index < -0.39 is 22.6 Å². The van der Waals surface area contributed by atoms with Crippen molar-refractivity contribution in [2.75, 3.05) is 6.54 Å². The van der Waals surface area contributed by atoms with Crippen LogP contribution in [0, 0.1) is 0 Å². The molecule has 0 aliphatic carbocycles. The molecule has 0 saturated heterocycles. The van der Waals surface area contributed by atoms with Crippen LogP contribution in [0.5, 0.6) is 0 Å². The molecule has 0 unspecified atom stereocenters. The first-order valence-corrected chi connectivity index (χ1v) is 7.30. The van der Waals surface area contributed by atoms with Gasteiger partial charge in [-0.2, -0.15) is 13.2 Å². The Bertz CT molecular complexity index is 502. The molecule has 18 heavy (non-hydrogen) atoms. The summed E-state index contributed by atoms with van der Waals surface area (Å²) < 4.78 is 61.7. The van der Waals surface area contributed by atoms with Crippen molar-refractivity contribution in [3.05, 3.63) is 28.7 Å². The molecular formula is C10H11BrF3NO2S. The predicted molar refractivity (Wildman–Crippen MR) is 64.6 cm³/mol. The smallest absolute Gasteiger partial charge is 0.211 e. The molecule has 0 aliphatic heterocycles. The zero-order valence-corrected chi connectivity index (χ0v) is 11.6. The maximum atomic E-state index is 11.9. The summed E-state index contributed by atoms with van der Waals surface area (Å²) in [5.41, 5.74) is 0. The molecule has 1 rings (SSSR count). The second kappa shape index (κ2) is 6.03. The van der Waals surface area contributed by atoms with E-state index in [1.54, 1.807) is 6.07 Å². The molecule has 1 aromatic carbocycles. The van der Waals surface area contributed by atoms with Crippen LogP contribution in [-0.4, -0.2) is 21.1 Å². The Morgan fingerprint density at radius 2 is 1.94 bits per heavy atom. The summed E-state index contributed by atoms with van der Waals surface area (Å²) in [6.45, 7) is -0.242. The van der Waals surface area contributed by atoms with Crippen molar-refractivity contribution in [3.8, 4) is 0 Å². The van der Waals surface area contributed by atoms with E-state index in [0.717, 1.165) is 0 Å². The summed E-state index contributed by atoms with van der Waals surface area (Å²) in [6, 6.07) is 5.94. The van der Waals surface area contributed by atoms with Gasteiger partial charge in [0.1, 0.15) is 0 Å². The van der Waals surface area contributed by atoms with Crippen molar-refractivity contribution in [2.45, 2.75) is 23.9 Å². The van der Waals surface area contributed by atoms with Crippen molar-refractivity contribution in [1.29, 1.82) is 0 Å². The first-order chi connectivity index (χ1) is 8.21. The van der Waals surface area contributed by atoms with Gasteiger partial charge in [-0.15, -0.1) is 0 Å². The lowest BCUT2D eigenvalue weighted by Crippen LogP contribution is -2.25. The number of nitrogens with one attached hydrogen (secondary N) is 1. The van der Waals surface area contributed by atoms with E-state index in [4.69, 9.17) is 0 Å². The molecule has 0 aromatic heterocycles. The highest BCUT2D eigenvalue weighted by molar-refractivity contribution is 9.10. The standard InChI is InChI=1S/C10H11BrF3NO2S/c11-8-3-1-4-9(7-8)18(16,17)15-6-2-5-10(12,13)14/h1,3-4,7,15H,2,5-6H2. The van der Waals surface area contributed by atoms with Gasteiger partial charge in [-0.3, -0.25) is 0 Å². The average Bonchev–Trinajstić information content (AvgIpc) is 2.23. The van der Waals surface area contributed by atoms with Gasteiger partial charge in [0, 0.05) is 17.4 Å². The Labute approximate surface area is 112 Å². The summed E-state index contributed by atoms with van der Waals surface area (Å²) in [6.07, 6.45) is -5.55. The van der Waals surface area contributed by atoms with E-state index in [0.29, 0.717) is 4.47 Å². The van der Waals surface area contributed by atoms with Crippen molar-refractivity contribution >= 4 is 26.0 Å². The minimum absolute atomic E-state index is 0.0175. The molecule has 0 atom stereocenters. The van der Waals surface area contributed by atoms with Crippen LogP contribution in [-0.2, 0) is 10.0 Å². The molecule has 102 valence electrons. The lowest BCUT2D eigenvalue weighted by molar-refractivity contribution is -0.135. The van der Waals surface area contributed by atoms with E-state index in [9.17, 15) is 21.6 Å². The van der Waals surface area contributed by atoms with E-state index in [-0.39, 0.29) is 17.9 Å². The normalized spacial score (nSPS) is 12.7. The molecule has 0 heterocycles. The van der Waals surface area contributed by atoms with E-state index in [1.807, 2.05) is 0 Å². The van der Waals surface area contributed by atoms with Crippen LogP contribution in [0.4, 0.5) is 13.2 Å². The summed E-state index contributed by atoms with van der Waals surface area (Å²) >= 11 is 3.12. The lowest BCUT2D eigenvalue weighted by Gasteiger charge is -2.08. The average molecular weight is 346 g/mol. The summed E-state index contributed by atoms with van der Waals surface area (Å²) in [5, 5.41) is 0. The Kier molecular flexibility index (Phi) is 5.18. The highest BCUT2D eigenvalue weighted by Crippen LogP contribution is 2.21. The fourth-order valence-electron chi connectivity index (χ4n) is 1.21. The molecule has 0 aliphatic rings. The Morgan fingerprint density at radius 1 is 1.28 bits per heavy atom. The van der Waals surface area contributed by atoms with E-state index in [1.165, 1.54) is 18.2 Å². The third-order valence-corrected chi connectivity index (χ3v) is 3.99. The second-order valence-corrected chi connectivity index (χ2v) is 6.26. The van der Waals surface area contributed by atoms with Crippen LogP contribution in [0.15, 0.2) is 33.6 Å². The molecule has 0 radical (unpaired) electrons. The van der Waals surface area contributed by atoms with Gasteiger partial charge in [-0.05, 0) is 24.6 Å². The number of hydrogen-bond donors (Lipinski definition) is 1. The molecule has 3 nitrogen and oxygen atoms in total. The number of benzene rings is 1. The van der Waals surface area contributed by atoms with Gasteiger partial charge in [0.25, 0.3) is 0 Å². The minimum atomic E-state index is -4.26. The van der Waals surface area contributed by atoms with Crippen molar-refractivity contribution in [1.82, 2.24) is 4.72 Å². The summed E-state index contributed by atoms with van der Waals surface area (Å²) in [7, 11) is -3.75. The number of sulfonamides is 1. The molecule has 1 aromatic rings. The van der Waals surface area contributed by atoms with Crippen molar-refractivity contribution in [2.24, 2.45) is 0 Å². The Morgan fingerprint density at radius 3 is 2.50 bits per heavy atom. The van der Waals surface area contributed by atoms with Crippen LogP contribution in [0.2, 0.25) is 0 Å². The second-order valence-electron chi connectivity index (χ2n) is 3.57. The molecule has 0 spiro atoms. The van der Waals surface area contributed by atoms with Gasteiger partial charge in [-0.1, -0.05) is 22.0 Å². The molecule has 0 amide bonds. The molecule has 1 N–H and O–H groups in total. The van der Waals surface area contributed by atoms with Crippen LogP contribution in [0.1, 0.15) is 12.8 Å².